The predicted molar refractivity (Wildman–Crippen MR) is 88.5 cm³/mol. The maximum Gasteiger partial charge on any atom is 0.295 e. The number of nitrogens with two attached hydrogens (primary N) is 1. The molecule has 0 radical (unpaired) electrons. The van der Waals surface area contributed by atoms with Crippen molar-refractivity contribution >= 4 is 17.6 Å². The molecule has 25 heavy (non-hydrogen) atoms. The Balaban J connectivity index is 1.73. The monoisotopic (exact) mass is 341 g/mol. The number of hydrogen-bond acceptors (Lipinski definition) is 5. The van der Waals surface area contributed by atoms with E-state index in [4.69, 9.17) is 5.73 Å². The Morgan fingerprint density at radius 1 is 1.28 bits per heavy atom. The van der Waals surface area contributed by atoms with Crippen LogP contribution >= 0.6 is 0 Å². The molecule has 8 heteroatoms. The van der Waals surface area contributed by atoms with Crippen molar-refractivity contribution in [1.82, 2.24) is 19.4 Å². The Kier molecular flexibility index (Phi) is 4.87. The van der Waals surface area contributed by atoms with Crippen molar-refractivity contribution in [1.29, 1.82) is 0 Å². The molecule has 1 atom stereocenters. The van der Waals surface area contributed by atoms with Gasteiger partial charge in [-0.2, -0.15) is 0 Å². The van der Waals surface area contributed by atoms with Gasteiger partial charge < -0.3 is 15.2 Å². The lowest BCUT2D eigenvalue weighted by Gasteiger charge is -2.32. The average molecular weight is 341 g/mol. The number of amides is 2. The van der Waals surface area contributed by atoms with Gasteiger partial charge in [0.2, 0.25) is 5.91 Å². The molecule has 0 bridgehead atoms. The zero-order chi connectivity index (χ0) is 17.8. The molecular weight excluding hydrogens is 322 g/mol. The standard InChI is InChI=1S/C17H19N5O3/c18-14(23)11-21-8-6-20-16(21)13-4-2-7-22(10-13)17(25)15(24)12-3-1-5-19-9-12/h1,3,5-6,8-9,13H,2,4,7,10-11H2,(H2,18,23)/t13-/m0/s1. The second-order valence-electron chi connectivity index (χ2n) is 6.04. The number of primary amides is 1. The third-order valence-corrected chi connectivity index (χ3v) is 4.27. The number of rotatable bonds is 5. The fourth-order valence-electron chi connectivity index (χ4n) is 3.12. The molecule has 0 aliphatic carbocycles. The molecule has 0 aromatic carbocycles. The predicted octanol–water partition coefficient (Wildman–Crippen LogP) is 0.352. The molecule has 130 valence electrons. The minimum atomic E-state index is -0.561. The van der Waals surface area contributed by atoms with Crippen molar-refractivity contribution in [2.24, 2.45) is 5.73 Å². The van der Waals surface area contributed by atoms with Crippen LogP contribution in [0.25, 0.3) is 0 Å². The van der Waals surface area contributed by atoms with Crippen molar-refractivity contribution in [3.8, 4) is 0 Å². The van der Waals surface area contributed by atoms with Crippen LogP contribution in [0.15, 0.2) is 36.9 Å². The van der Waals surface area contributed by atoms with Crippen LogP contribution in [0.5, 0.6) is 0 Å². The van der Waals surface area contributed by atoms with Crippen molar-refractivity contribution < 1.29 is 14.4 Å². The van der Waals surface area contributed by atoms with E-state index < -0.39 is 17.6 Å². The maximum absolute atomic E-state index is 12.5. The second-order valence-corrected chi connectivity index (χ2v) is 6.04. The lowest BCUT2D eigenvalue weighted by molar-refractivity contribution is -0.127. The minimum absolute atomic E-state index is 0.0336. The lowest BCUT2D eigenvalue weighted by atomic mass is 9.96. The number of imidazole rings is 1. The summed E-state index contributed by atoms with van der Waals surface area (Å²) in [4.78, 5) is 45.8. The van der Waals surface area contributed by atoms with Crippen molar-refractivity contribution in [2.75, 3.05) is 13.1 Å². The summed E-state index contributed by atoms with van der Waals surface area (Å²) in [5, 5.41) is 0. The number of pyridine rings is 1. The lowest BCUT2D eigenvalue weighted by Crippen LogP contribution is -2.43. The molecule has 1 aliphatic rings. The normalized spacial score (nSPS) is 17.3. The number of carbonyl (C=O) groups excluding carboxylic acids is 3. The van der Waals surface area contributed by atoms with Gasteiger partial charge in [0.05, 0.1) is 0 Å². The summed E-state index contributed by atoms with van der Waals surface area (Å²) < 4.78 is 1.70. The number of carbonyl (C=O) groups is 3. The number of likely N-dealkylation sites (tertiary alicyclic amines) is 1. The molecule has 1 aliphatic heterocycles. The molecule has 2 aromatic heterocycles. The highest BCUT2D eigenvalue weighted by Gasteiger charge is 2.31. The van der Waals surface area contributed by atoms with Crippen LogP contribution < -0.4 is 5.73 Å². The molecule has 3 heterocycles. The highest BCUT2D eigenvalue weighted by molar-refractivity contribution is 6.42. The van der Waals surface area contributed by atoms with Crippen LogP contribution in [0, 0.1) is 0 Å². The van der Waals surface area contributed by atoms with Gasteiger partial charge in [-0.3, -0.25) is 19.4 Å². The Morgan fingerprint density at radius 2 is 2.12 bits per heavy atom. The number of hydrogen-bond donors (Lipinski definition) is 1. The van der Waals surface area contributed by atoms with Gasteiger partial charge in [-0.25, -0.2) is 4.98 Å². The van der Waals surface area contributed by atoms with Gasteiger partial charge in [-0.1, -0.05) is 0 Å². The zero-order valence-corrected chi connectivity index (χ0v) is 13.7. The van der Waals surface area contributed by atoms with Gasteiger partial charge in [0.1, 0.15) is 12.4 Å². The van der Waals surface area contributed by atoms with Gasteiger partial charge in [-0.05, 0) is 25.0 Å². The summed E-state index contributed by atoms with van der Waals surface area (Å²) in [6.07, 6.45) is 7.85. The molecule has 1 saturated heterocycles. The van der Waals surface area contributed by atoms with Gasteiger partial charge in [0, 0.05) is 49.4 Å². The molecular formula is C17H19N5O3. The van der Waals surface area contributed by atoms with Crippen LogP contribution in [0.1, 0.15) is 34.9 Å². The van der Waals surface area contributed by atoms with E-state index in [0.717, 1.165) is 12.8 Å². The molecule has 3 rings (SSSR count). The molecule has 0 unspecified atom stereocenters. The fraction of sp³-hybridized carbons (Fsp3) is 0.353. The Labute approximate surface area is 144 Å². The van der Waals surface area contributed by atoms with Gasteiger partial charge >= 0.3 is 0 Å². The number of piperidine rings is 1. The van der Waals surface area contributed by atoms with Crippen LogP contribution in [0.4, 0.5) is 0 Å². The summed E-state index contributed by atoms with van der Waals surface area (Å²) in [7, 11) is 0. The van der Waals surface area contributed by atoms with Crippen LogP contribution in [-0.4, -0.2) is 50.1 Å². The van der Waals surface area contributed by atoms with Gasteiger partial charge in [0.25, 0.3) is 11.7 Å². The molecule has 0 saturated carbocycles. The van der Waals surface area contributed by atoms with E-state index in [1.165, 1.54) is 6.20 Å². The second kappa shape index (κ2) is 7.25. The SMILES string of the molecule is NC(=O)Cn1ccnc1[C@H]1CCCN(C(=O)C(=O)c2cccnc2)C1. The maximum atomic E-state index is 12.5. The summed E-state index contributed by atoms with van der Waals surface area (Å²) in [6, 6.07) is 3.20. The summed E-state index contributed by atoms with van der Waals surface area (Å²) in [6.45, 7) is 0.965. The van der Waals surface area contributed by atoms with Crippen molar-refractivity contribution in [2.45, 2.75) is 25.3 Å². The minimum Gasteiger partial charge on any atom is -0.368 e. The van der Waals surface area contributed by atoms with Crippen LogP contribution in [-0.2, 0) is 16.1 Å². The van der Waals surface area contributed by atoms with Crippen molar-refractivity contribution in [3.05, 3.63) is 48.3 Å². The highest BCUT2D eigenvalue weighted by atomic mass is 16.2. The average Bonchev–Trinajstić information content (AvgIpc) is 3.08. The molecule has 2 amide bonds. The van der Waals surface area contributed by atoms with E-state index in [1.807, 2.05) is 0 Å². The third-order valence-electron chi connectivity index (χ3n) is 4.27. The number of nitrogens with zero attached hydrogens (tertiary/aromatic N) is 4. The number of Topliss-reactive ketones (excluding diaryl/α,β-unsaturated/α-hetero) is 1. The van der Waals surface area contributed by atoms with Crippen LogP contribution in [0.3, 0.4) is 0 Å². The highest BCUT2D eigenvalue weighted by Crippen LogP contribution is 2.26. The zero-order valence-electron chi connectivity index (χ0n) is 13.7. The van der Waals surface area contributed by atoms with E-state index in [2.05, 4.69) is 9.97 Å². The molecule has 1 fully saturated rings. The van der Waals surface area contributed by atoms with E-state index in [-0.39, 0.29) is 18.0 Å². The molecule has 2 N–H and O–H groups in total. The van der Waals surface area contributed by atoms with Crippen molar-refractivity contribution in [3.63, 3.8) is 0 Å². The summed E-state index contributed by atoms with van der Waals surface area (Å²) in [5.74, 6) is -0.867. The molecule has 8 nitrogen and oxygen atoms in total. The van der Waals surface area contributed by atoms with Gasteiger partial charge in [-0.15, -0.1) is 0 Å². The molecule has 2 aromatic rings. The first kappa shape index (κ1) is 16.8. The Bertz CT molecular complexity index is 787. The molecule has 0 spiro atoms. The first-order valence-corrected chi connectivity index (χ1v) is 8.09. The Hall–Kier alpha value is -3.03. The summed E-state index contributed by atoms with van der Waals surface area (Å²) in [5.41, 5.74) is 5.54. The van der Waals surface area contributed by atoms with E-state index in [1.54, 1.807) is 40.2 Å². The summed E-state index contributed by atoms with van der Waals surface area (Å²) >= 11 is 0. The topological polar surface area (TPSA) is 111 Å². The first-order valence-electron chi connectivity index (χ1n) is 8.09. The quantitative estimate of drug-likeness (QED) is 0.623. The van der Waals surface area contributed by atoms with E-state index in [0.29, 0.717) is 18.9 Å². The van der Waals surface area contributed by atoms with E-state index >= 15 is 0 Å². The first-order chi connectivity index (χ1) is 12.1. The smallest absolute Gasteiger partial charge is 0.295 e. The largest absolute Gasteiger partial charge is 0.368 e. The number of ketones is 1. The Morgan fingerprint density at radius 3 is 2.84 bits per heavy atom. The van der Waals surface area contributed by atoms with E-state index in [9.17, 15) is 14.4 Å². The van der Waals surface area contributed by atoms with Gasteiger partial charge in [0.15, 0.2) is 0 Å². The van der Waals surface area contributed by atoms with Crippen LogP contribution in [0.2, 0.25) is 0 Å². The fourth-order valence-corrected chi connectivity index (χ4v) is 3.12. The third kappa shape index (κ3) is 3.73. The number of aromatic nitrogens is 3.